The number of carbonyl (C=O) groups is 1. The number of methoxy groups -OCH3 is 1. The fourth-order valence-corrected chi connectivity index (χ4v) is 1.97. The molecule has 0 bridgehead atoms. The normalized spacial score (nSPS) is 11.0. The Morgan fingerprint density at radius 2 is 2.13 bits per heavy atom. The molecule has 0 saturated carbocycles. The summed E-state index contributed by atoms with van der Waals surface area (Å²) in [6.45, 7) is -0.0596. The van der Waals surface area contributed by atoms with Crippen molar-refractivity contribution in [3.63, 3.8) is 0 Å². The molecule has 0 aliphatic heterocycles. The first kappa shape index (κ1) is 14.3. The van der Waals surface area contributed by atoms with Gasteiger partial charge in [-0.25, -0.2) is 13.1 Å². The van der Waals surface area contributed by atoms with Crippen molar-refractivity contribution >= 4 is 33.2 Å². The van der Waals surface area contributed by atoms with Gasteiger partial charge in [-0.05, 0) is 6.42 Å². The van der Waals surface area contributed by atoms with E-state index in [1.807, 2.05) is 0 Å². The van der Waals surface area contributed by atoms with Crippen molar-refractivity contribution in [3.05, 3.63) is 0 Å². The Morgan fingerprint density at radius 1 is 1.53 bits per heavy atom. The number of ether oxygens (including phenoxy) is 1. The predicted molar refractivity (Wildman–Crippen MR) is 59.8 cm³/mol. The van der Waals surface area contributed by atoms with E-state index >= 15 is 0 Å². The van der Waals surface area contributed by atoms with Crippen LogP contribution in [0.4, 0.5) is 0 Å². The van der Waals surface area contributed by atoms with E-state index in [1.54, 1.807) is 0 Å². The zero-order valence-electron chi connectivity index (χ0n) is 8.36. The lowest BCUT2D eigenvalue weighted by atomic mass is 10.3. The van der Waals surface area contributed by atoms with E-state index in [0.717, 1.165) is 0 Å². The molecule has 0 atom stereocenters. The molecule has 0 aromatic rings. The first-order valence-electron chi connectivity index (χ1n) is 4.20. The molecule has 15 heavy (non-hydrogen) atoms. The minimum Gasteiger partial charge on any atom is -0.469 e. The number of esters is 1. The Balaban J connectivity index is 3.84. The Bertz CT molecular complexity index is 326. The first-order chi connectivity index (χ1) is 6.87. The smallest absolute Gasteiger partial charge is 0.305 e. The van der Waals surface area contributed by atoms with Gasteiger partial charge in [0, 0.05) is 6.42 Å². The molecule has 0 spiro atoms. The number of nitrogens with two attached hydrogens (primary N) is 1. The summed E-state index contributed by atoms with van der Waals surface area (Å²) in [5, 5.41) is 0. The minimum atomic E-state index is -3.41. The summed E-state index contributed by atoms with van der Waals surface area (Å²) in [6.07, 6.45) is 0.282. The number of thiocarbonyl (C=S) groups is 1. The van der Waals surface area contributed by atoms with E-state index in [1.165, 1.54) is 7.11 Å². The largest absolute Gasteiger partial charge is 0.469 e. The lowest BCUT2D eigenvalue weighted by Crippen LogP contribution is -2.34. The van der Waals surface area contributed by atoms with Crippen LogP contribution in [0.1, 0.15) is 12.8 Å². The summed E-state index contributed by atoms with van der Waals surface area (Å²) in [5.74, 6) is -0.579. The van der Waals surface area contributed by atoms with Gasteiger partial charge in [-0.15, -0.1) is 0 Å². The van der Waals surface area contributed by atoms with E-state index < -0.39 is 16.0 Å². The minimum absolute atomic E-state index is 0.0596. The third-order valence-corrected chi connectivity index (χ3v) is 3.04. The van der Waals surface area contributed by atoms with Crippen LogP contribution in [0, 0.1) is 0 Å². The van der Waals surface area contributed by atoms with Crippen LogP contribution in [-0.4, -0.2) is 38.8 Å². The SMILES string of the molecule is COC(=O)CCCS(=O)(=O)NCC(N)=S. The van der Waals surface area contributed by atoms with Gasteiger partial charge in [-0.1, -0.05) is 12.2 Å². The third-order valence-electron chi connectivity index (χ3n) is 1.49. The van der Waals surface area contributed by atoms with Crippen molar-refractivity contribution in [1.29, 1.82) is 0 Å². The highest BCUT2D eigenvalue weighted by molar-refractivity contribution is 7.89. The van der Waals surface area contributed by atoms with Gasteiger partial charge in [0.05, 0.1) is 24.4 Å². The molecule has 3 N–H and O–H groups in total. The van der Waals surface area contributed by atoms with Crippen LogP contribution < -0.4 is 10.5 Å². The van der Waals surface area contributed by atoms with Gasteiger partial charge in [0.15, 0.2) is 0 Å². The summed E-state index contributed by atoms with van der Waals surface area (Å²) < 4.78 is 29.0. The van der Waals surface area contributed by atoms with E-state index in [-0.39, 0.29) is 30.1 Å². The second kappa shape index (κ2) is 6.70. The average Bonchev–Trinajstić information content (AvgIpc) is 2.14. The highest BCUT2D eigenvalue weighted by Crippen LogP contribution is 1.96. The Hall–Kier alpha value is -0.730. The number of hydrogen-bond donors (Lipinski definition) is 2. The van der Waals surface area contributed by atoms with Gasteiger partial charge in [-0.3, -0.25) is 4.79 Å². The summed E-state index contributed by atoms with van der Waals surface area (Å²) in [5.41, 5.74) is 5.13. The van der Waals surface area contributed by atoms with Crippen LogP contribution in [-0.2, 0) is 19.6 Å². The number of hydrogen-bond acceptors (Lipinski definition) is 5. The maximum absolute atomic E-state index is 11.2. The van der Waals surface area contributed by atoms with Crippen LogP contribution in [0.2, 0.25) is 0 Å². The lowest BCUT2D eigenvalue weighted by Gasteiger charge is -2.04. The van der Waals surface area contributed by atoms with Gasteiger partial charge in [0.25, 0.3) is 0 Å². The second-order valence-electron chi connectivity index (χ2n) is 2.79. The summed E-state index contributed by atoms with van der Waals surface area (Å²) in [4.78, 5) is 10.8. The van der Waals surface area contributed by atoms with Crippen molar-refractivity contribution in [2.75, 3.05) is 19.4 Å². The van der Waals surface area contributed by atoms with Crippen molar-refractivity contribution in [3.8, 4) is 0 Å². The maximum Gasteiger partial charge on any atom is 0.305 e. The van der Waals surface area contributed by atoms with Gasteiger partial charge in [0.1, 0.15) is 0 Å². The first-order valence-corrected chi connectivity index (χ1v) is 6.26. The zero-order chi connectivity index (χ0) is 11.9. The third kappa shape index (κ3) is 8.28. The molecule has 0 aliphatic carbocycles. The molecule has 0 radical (unpaired) electrons. The van der Waals surface area contributed by atoms with Crippen LogP contribution >= 0.6 is 12.2 Å². The van der Waals surface area contributed by atoms with Crippen molar-refractivity contribution in [2.24, 2.45) is 5.73 Å². The summed E-state index contributed by atoms with van der Waals surface area (Å²) in [6, 6.07) is 0. The molecule has 88 valence electrons. The van der Waals surface area contributed by atoms with Gasteiger partial charge < -0.3 is 10.5 Å². The van der Waals surface area contributed by atoms with Crippen molar-refractivity contribution in [2.45, 2.75) is 12.8 Å². The standard InChI is InChI=1S/C7H14N2O4S2/c1-13-7(10)3-2-4-15(11,12)9-5-6(8)14/h9H,2-5H2,1H3,(H2,8,14). The van der Waals surface area contributed by atoms with E-state index in [0.29, 0.717) is 0 Å². The molecule has 0 fully saturated rings. The van der Waals surface area contributed by atoms with Crippen molar-refractivity contribution in [1.82, 2.24) is 4.72 Å². The molecular formula is C7H14N2O4S2. The molecule has 0 saturated heterocycles. The van der Waals surface area contributed by atoms with Gasteiger partial charge >= 0.3 is 5.97 Å². The highest BCUT2D eigenvalue weighted by atomic mass is 32.2. The number of rotatable bonds is 7. The molecule has 6 nitrogen and oxygen atoms in total. The van der Waals surface area contributed by atoms with E-state index in [9.17, 15) is 13.2 Å². The van der Waals surface area contributed by atoms with Crippen LogP contribution in [0.3, 0.4) is 0 Å². The molecule has 0 aromatic heterocycles. The molecule has 0 rings (SSSR count). The Labute approximate surface area is 94.2 Å². The molecule has 0 amide bonds. The molecule has 0 heterocycles. The Kier molecular flexibility index (Phi) is 6.37. The lowest BCUT2D eigenvalue weighted by molar-refractivity contribution is -0.140. The summed E-state index contributed by atoms with van der Waals surface area (Å²) in [7, 11) is -2.15. The molecule has 0 aromatic carbocycles. The highest BCUT2D eigenvalue weighted by Gasteiger charge is 2.11. The van der Waals surface area contributed by atoms with Crippen molar-refractivity contribution < 1.29 is 17.9 Å². The quantitative estimate of drug-likeness (QED) is 0.453. The van der Waals surface area contributed by atoms with Crippen LogP contribution in [0.15, 0.2) is 0 Å². The van der Waals surface area contributed by atoms with Crippen LogP contribution in [0.5, 0.6) is 0 Å². The predicted octanol–water partition coefficient (Wildman–Crippen LogP) is -0.855. The maximum atomic E-state index is 11.2. The molecule has 0 aliphatic rings. The van der Waals surface area contributed by atoms with E-state index in [4.69, 9.17) is 5.73 Å². The number of sulfonamides is 1. The molecule has 0 unspecified atom stereocenters. The summed E-state index contributed by atoms with van der Waals surface area (Å²) >= 11 is 4.51. The topological polar surface area (TPSA) is 98.5 Å². The molecule has 8 heteroatoms. The average molecular weight is 254 g/mol. The fraction of sp³-hybridized carbons (Fsp3) is 0.714. The van der Waals surface area contributed by atoms with Gasteiger partial charge in [-0.2, -0.15) is 0 Å². The fourth-order valence-electron chi connectivity index (χ4n) is 0.762. The number of carbonyl (C=O) groups excluding carboxylic acids is 1. The Morgan fingerprint density at radius 3 is 2.60 bits per heavy atom. The molecular weight excluding hydrogens is 240 g/mol. The second-order valence-corrected chi connectivity index (χ2v) is 5.24. The zero-order valence-corrected chi connectivity index (χ0v) is 9.99. The van der Waals surface area contributed by atoms with E-state index in [2.05, 4.69) is 21.7 Å². The van der Waals surface area contributed by atoms with Gasteiger partial charge in [0.2, 0.25) is 10.0 Å². The van der Waals surface area contributed by atoms with Crippen LogP contribution in [0.25, 0.3) is 0 Å². The number of nitrogens with one attached hydrogen (secondary N) is 1. The monoisotopic (exact) mass is 254 g/mol.